The van der Waals surface area contributed by atoms with Crippen LogP contribution in [0.3, 0.4) is 0 Å². The molecule has 1 saturated carbocycles. The van der Waals surface area contributed by atoms with Crippen LogP contribution in [0.25, 0.3) is 0 Å². The fraction of sp³-hybridized carbons (Fsp3) is 0.684. The zero-order valence-corrected chi connectivity index (χ0v) is 15.7. The monoisotopic (exact) mass is 360 g/mol. The second kappa shape index (κ2) is 8.58. The van der Waals surface area contributed by atoms with Crippen LogP contribution in [-0.4, -0.2) is 53.0 Å². The van der Waals surface area contributed by atoms with Crippen molar-refractivity contribution in [3.05, 3.63) is 23.3 Å². The number of hydrogen-bond acceptors (Lipinski definition) is 5. The van der Waals surface area contributed by atoms with Crippen LogP contribution in [0, 0.1) is 6.92 Å². The van der Waals surface area contributed by atoms with Gasteiger partial charge in [0, 0.05) is 25.9 Å². The van der Waals surface area contributed by atoms with Crippen LogP contribution in [0.15, 0.2) is 6.20 Å². The third-order valence-corrected chi connectivity index (χ3v) is 5.28. The number of methoxy groups -OCH3 is 1. The maximum Gasteiger partial charge on any atom is 0.255 e. The Labute approximate surface area is 154 Å². The molecule has 2 amide bonds. The molecule has 0 bridgehead atoms. The van der Waals surface area contributed by atoms with Gasteiger partial charge in [0.1, 0.15) is 12.4 Å². The largest absolute Gasteiger partial charge is 0.375 e. The van der Waals surface area contributed by atoms with E-state index in [1.165, 1.54) is 13.5 Å². The molecule has 2 aliphatic rings. The van der Waals surface area contributed by atoms with Crippen LogP contribution in [0.2, 0.25) is 0 Å². The molecule has 2 fully saturated rings. The lowest BCUT2D eigenvalue weighted by Crippen LogP contribution is -2.38. The molecule has 142 valence electrons. The summed E-state index contributed by atoms with van der Waals surface area (Å²) in [6, 6.07) is 0.0339. The van der Waals surface area contributed by atoms with Gasteiger partial charge in [0.25, 0.3) is 5.91 Å². The van der Waals surface area contributed by atoms with Gasteiger partial charge >= 0.3 is 0 Å². The van der Waals surface area contributed by atoms with Crippen molar-refractivity contribution in [1.29, 1.82) is 0 Å². The molecule has 26 heavy (non-hydrogen) atoms. The number of nitrogens with zero attached hydrogens (tertiary/aromatic N) is 3. The van der Waals surface area contributed by atoms with Crippen molar-refractivity contribution >= 4 is 11.8 Å². The molecule has 0 spiro atoms. The molecule has 1 aliphatic heterocycles. The quantitative estimate of drug-likeness (QED) is 0.870. The van der Waals surface area contributed by atoms with Crippen molar-refractivity contribution in [2.45, 2.75) is 64.0 Å². The van der Waals surface area contributed by atoms with Crippen LogP contribution in [-0.2, 0) is 9.53 Å². The van der Waals surface area contributed by atoms with E-state index in [-0.39, 0.29) is 30.5 Å². The number of ether oxygens (including phenoxy) is 1. The molecule has 0 radical (unpaired) electrons. The Morgan fingerprint density at radius 1 is 1.23 bits per heavy atom. The molecule has 0 aromatic carbocycles. The maximum absolute atomic E-state index is 12.9. The fourth-order valence-corrected chi connectivity index (χ4v) is 3.98. The first-order chi connectivity index (χ1) is 12.6. The highest BCUT2D eigenvalue weighted by Crippen LogP contribution is 2.33. The van der Waals surface area contributed by atoms with Crippen molar-refractivity contribution in [3.63, 3.8) is 0 Å². The van der Waals surface area contributed by atoms with Gasteiger partial charge in [-0.2, -0.15) is 0 Å². The number of rotatable bonds is 5. The summed E-state index contributed by atoms with van der Waals surface area (Å²) in [4.78, 5) is 35.8. The van der Waals surface area contributed by atoms with Gasteiger partial charge in [-0.25, -0.2) is 9.97 Å². The summed E-state index contributed by atoms with van der Waals surface area (Å²) >= 11 is 0. The second-order valence-corrected chi connectivity index (χ2v) is 7.20. The number of aromatic nitrogens is 2. The van der Waals surface area contributed by atoms with Gasteiger partial charge in [-0.3, -0.25) is 9.59 Å². The van der Waals surface area contributed by atoms with E-state index in [9.17, 15) is 9.59 Å². The Hall–Kier alpha value is -2.02. The zero-order chi connectivity index (χ0) is 18.5. The maximum atomic E-state index is 12.9. The van der Waals surface area contributed by atoms with E-state index in [2.05, 4.69) is 15.3 Å². The molecule has 3 rings (SSSR count). The van der Waals surface area contributed by atoms with Crippen molar-refractivity contribution in [3.8, 4) is 0 Å². The van der Waals surface area contributed by atoms with Crippen LogP contribution >= 0.6 is 0 Å². The lowest BCUT2D eigenvalue weighted by atomic mass is 9.95. The first-order valence-corrected chi connectivity index (χ1v) is 9.53. The Bertz CT molecular complexity index is 658. The van der Waals surface area contributed by atoms with E-state index >= 15 is 0 Å². The number of likely N-dealkylation sites (tertiary alicyclic amines) is 1. The lowest BCUT2D eigenvalue weighted by molar-refractivity contribution is -0.136. The van der Waals surface area contributed by atoms with Gasteiger partial charge < -0.3 is 15.0 Å². The summed E-state index contributed by atoms with van der Waals surface area (Å²) in [5.74, 6) is 0.420. The van der Waals surface area contributed by atoms with E-state index in [4.69, 9.17) is 4.74 Å². The molecule has 1 N–H and O–H groups in total. The van der Waals surface area contributed by atoms with Crippen LogP contribution in [0.1, 0.15) is 72.9 Å². The number of hydrogen-bond donors (Lipinski definition) is 1. The Balaban J connectivity index is 1.83. The number of amides is 2. The molecule has 1 aromatic heterocycles. The molecule has 1 saturated heterocycles. The number of carbonyl (C=O) groups is 2. The van der Waals surface area contributed by atoms with Gasteiger partial charge in [0.2, 0.25) is 5.91 Å². The Morgan fingerprint density at radius 3 is 2.73 bits per heavy atom. The molecule has 1 atom stereocenters. The molecular weight excluding hydrogens is 332 g/mol. The highest BCUT2D eigenvalue weighted by molar-refractivity contribution is 5.95. The normalized spacial score (nSPS) is 21.0. The minimum atomic E-state index is -0.188. The highest BCUT2D eigenvalue weighted by atomic mass is 16.5. The average molecular weight is 360 g/mol. The minimum absolute atomic E-state index is 0.0458. The average Bonchev–Trinajstić information content (AvgIpc) is 3.12. The fourth-order valence-electron chi connectivity index (χ4n) is 3.98. The van der Waals surface area contributed by atoms with Gasteiger partial charge in [0.05, 0.1) is 17.3 Å². The minimum Gasteiger partial charge on any atom is -0.375 e. The Morgan fingerprint density at radius 2 is 2.00 bits per heavy atom. The topological polar surface area (TPSA) is 84.4 Å². The van der Waals surface area contributed by atoms with Gasteiger partial charge in [-0.15, -0.1) is 0 Å². The lowest BCUT2D eigenvalue weighted by Gasteiger charge is -2.27. The first kappa shape index (κ1) is 18.8. The third kappa shape index (κ3) is 4.20. The second-order valence-electron chi connectivity index (χ2n) is 7.20. The van der Waals surface area contributed by atoms with Crippen LogP contribution in [0.4, 0.5) is 0 Å². The Kier molecular flexibility index (Phi) is 6.19. The van der Waals surface area contributed by atoms with Gasteiger partial charge in [-0.05, 0) is 32.6 Å². The van der Waals surface area contributed by atoms with Crippen molar-refractivity contribution < 1.29 is 14.3 Å². The van der Waals surface area contributed by atoms with Crippen molar-refractivity contribution in [2.75, 3.05) is 20.3 Å². The van der Waals surface area contributed by atoms with E-state index in [0.717, 1.165) is 38.5 Å². The smallest absolute Gasteiger partial charge is 0.255 e. The summed E-state index contributed by atoms with van der Waals surface area (Å²) < 4.78 is 5.00. The number of carbonyl (C=O) groups excluding carboxylic acids is 2. The summed E-state index contributed by atoms with van der Waals surface area (Å²) in [7, 11) is 1.51. The van der Waals surface area contributed by atoms with E-state index in [1.807, 2.05) is 6.92 Å². The van der Waals surface area contributed by atoms with Crippen LogP contribution < -0.4 is 5.32 Å². The number of nitrogens with one attached hydrogen (secondary N) is 1. The summed E-state index contributed by atoms with van der Waals surface area (Å²) in [6.07, 6.45) is 8.90. The highest BCUT2D eigenvalue weighted by Gasteiger charge is 2.34. The zero-order valence-electron chi connectivity index (χ0n) is 15.7. The molecule has 2 heterocycles. The molecule has 1 unspecified atom stereocenters. The van der Waals surface area contributed by atoms with E-state index < -0.39 is 0 Å². The predicted octanol–water partition coefficient (Wildman–Crippen LogP) is 2.16. The first-order valence-electron chi connectivity index (χ1n) is 9.53. The van der Waals surface area contributed by atoms with Crippen molar-refractivity contribution in [2.24, 2.45) is 0 Å². The third-order valence-electron chi connectivity index (χ3n) is 5.28. The van der Waals surface area contributed by atoms with Crippen LogP contribution in [0.5, 0.6) is 0 Å². The summed E-state index contributed by atoms with van der Waals surface area (Å²) in [5, 5.41) is 3.14. The predicted molar refractivity (Wildman–Crippen MR) is 96.7 cm³/mol. The summed E-state index contributed by atoms with van der Waals surface area (Å²) in [6.45, 7) is 2.52. The van der Waals surface area contributed by atoms with E-state index in [0.29, 0.717) is 23.6 Å². The van der Waals surface area contributed by atoms with Gasteiger partial charge in [0.15, 0.2) is 0 Å². The molecule has 7 nitrogen and oxygen atoms in total. The molecule has 7 heteroatoms. The van der Waals surface area contributed by atoms with Gasteiger partial charge in [-0.1, -0.05) is 19.3 Å². The SMILES string of the molecule is COCC(=O)N1CCCC1c1nc(C)ncc1C(=O)NC1CCCCC1. The standard InChI is InChI=1S/C19H28N4O3/c1-13-20-11-15(19(25)22-14-7-4-3-5-8-14)18(21-13)16-9-6-10-23(16)17(24)12-26-2/h11,14,16H,3-10,12H2,1-2H3,(H,22,25). The van der Waals surface area contributed by atoms with E-state index in [1.54, 1.807) is 11.1 Å². The molecular formula is C19H28N4O3. The summed E-state index contributed by atoms with van der Waals surface area (Å²) in [5.41, 5.74) is 1.15. The molecule has 1 aliphatic carbocycles. The van der Waals surface area contributed by atoms with Crippen molar-refractivity contribution in [1.82, 2.24) is 20.2 Å². The molecule has 1 aromatic rings. The number of aryl methyl sites for hydroxylation is 1.